The summed E-state index contributed by atoms with van der Waals surface area (Å²) >= 11 is 0. The van der Waals surface area contributed by atoms with E-state index in [9.17, 15) is 15.3 Å². The van der Waals surface area contributed by atoms with E-state index in [2.05, 4.69) is 138 Å². The molecule has 0 spiro atoms. The molecule has 1 aliphatic carbocycles. The molecule has 7 aromatic carbocycles. The highest BCUT2D eigenvalue weighted by atomic mass is 16.7. The Morgan fingerprint density at radius 1 is 0.415 bits per heavy atom. The zero-order chi connectivity index (χ0) is 46.1. The quantitative estimate of drug-likeness (QED) is 0.0842. The maximum Gasteiger partial charge on any atom is 0.197 e. The third-order valence-corrected chi connectivity index (χ3v) is 13.8. The molecule has 8 rings (SSSR count). The van der Waals surface area contributed by atoms with Crippen molar-refractivity contribution in [1.29, 1.82) is 0 Å². The molecule has 7 aromatic rings. The van der Waals surface area contributed by atoms with Crippen LogP contribution in [0.25, 0.3) is 22.3 Å². The monoisotopic (exact) mass is 864 g/mol. The minimum atomic E-state index is -0.326. The van der Waals surface area contributed by atoms with E-state index in [0.29, 0.717) is 17.2 Å². The first kappa shape index (κ1) is 45.3. The maximum absolute atomic E-state index is 10.7. The van der Waals surface area contributed by atoms with Crippen LogP contribution < -0.4 is 4.74 Å². The van der Waals surface area contributed by atoms with E-state index in [1.165, 1.54) is 30.4 Å². The summed E-state index contributed by atoms with van der Waals surface area (Å²) in [5, 5.41) is 31.8. The summed E-state index contributed by atoms with van der Waals surface area (Å²) in [7, 11) is 0. The number of phenols is 3. The Hall–Kier alpha value is -6.30. The Morgan fingerprint density at radius 3 is 1.22 bits per heavy atom. The second-order valence-corrected chi connectivity index (χ2v) is 18.7. The average Bonchev–Trinajstić information content (AvgIpc) is 3.28. The Kier molecular flexibility index (Phi) is 13.3. The third-order valence-electron chi connectivity index (χ3n) is 13.8. The lowest BCUT2D eigenvalue weighted by Gasteiger charge is -2.28. The minimum Gasteiger partial charge on any atom is -0.508 e. The summed E-state index contributed by atoms with van der Waals surface area (Å²) in [6.07, 6.45) is 5.87. The van der Waals surface area contributed by atoms with Gasteiger partial charge in [0.25, 0.3) is 0 Å². The van der Waals surface area contributed by atoms with Gasteiger partial charge in [-0.1, -0.05) is 110 Å². The third kappa shape index (κ3) is 9.72. The molecule has 0 saturated heterocycles. The van der Waals surface area contributed by atoms with Crippen molar-refractivity contribution in [3.63, 3.8) is 0 Å². The van der Waals surface area contributed by atoms with E-state index in [4.69, 9.17) is 9.47 Å². The number of ether oxygens (including phenoxy) is 2. The Morgan fingerprint density at radius 2 is 0.800 bits per heavy atom. The lowest BCUT2D eigenvalue weighted by Crippen LogP contribution is -2.26. The van der Waals surface area contributed by atoms with Crippen LogP contribution in [-0.2, 0) is 4.74 Å². The van der Waals surface area contributed by atoms with Gasteiger partial charge in [0.15, 0.2) is 6.29 Å². The van der Waals surface area contributed by atoms with Crippen molar-refractivity contribution in [2.45, 2.75) is 119 Å². The van der Waals surface area contributed by atoms with Gasteiger partial charge >= 0.3 is 0 Å². The van der Waals surface area contributed by atoms with Crippen LogP contribution in [0, 0.1) is 55.4 Å². The van der Waals surface area contributed by atoms with Crippen molar-refractivity contribution in [3.05, 3.63) is 199 Å². The molecule has 2 unspecified atom stereocenters. The summed E-state index contributed by atoms with van der Waals surface area (Å²) in [5.41, 5.74) is 19.3. The molecule has 5 nitrogen and oxygen atoms in total. The molecular weight excluding hydrogens is 801 g/mol. The summed E-state index contributed by atoms with van der Waals surface area (Å²) in [6, 6.07) is 42.9. The molecule has 0 heterocycles. The summed E-state index contributed by atoms with van der Waals surface area (Å²) in [5.74, 6) is 1.60. The van der Waals surface area contributed by atoms with Crippen LogP contribution in [0.4, 0.5) is 0 Å². The smallest absolute Gasteiger partial charge is 0.197 e. The lowest BCUT2D eigenvalue weighted by molar-refractivity contribution is -0.117. The van der Waals surface area contributed by atoms with Crippen molar-refractivity contribution >= 4 is 0 Å². The highest BCUT2D eigenvalue weighted by Gasteiger charge is 2.26. The van der Waals surface area contributed by atoms with Crippen molar-refractivity contribution in [3.8, 4) is 45.3 Å². The predicted octanol–water partition coefficient (Wildman–Crippen LogP) is 15.0. The molecule has 1 aliphatic rings. The molecule has 5 heteroatoms. The van der Waals surface area contributed by atoms with Crippen molar-refractivity contribution in [2.75, 3.05) is 0 Å². The molecule has 0 amide bonds. The average molecular weight is 865 g/mol. The Bertz CT molecular complexity index is 2770. The van der Waals surface area contributed by atoms with Crippen LogP contribution in [-0.4, -0.2) is 27.7 Å². The van der Waals surface area contributed by atoms with E-state index in [1.807, 2.05) is 45.9 Å². The number of rotatable bonds is 12. The molecule has 0 aliphatic heterocycles. The van der Waals surface area contributed by atoms with E-state index in [-0.39, 0.29) is 24.2 Å². The first-order valence-electron chi connectivity index (χ1n) is 23.3. The maximum atomic E-state index is 10.7. The molecule has 334 valence electrons. The van der Waals surface area contributed by atoms with Crippen LogP contribution >= 0.6 is 0 Å². The first-order valence-corrected chi connectivity index (χ1v) is 23.3. The highest BCUT2D eigenvalue weighted by molar-refractivity contribution is 5.74. The van der Waals surface area contributed by atoms with Gasteiger partial charge in [-0.15, -0.1) is 0 Å². The SMILES string of the molecule is Cc1cc(C(c2ccc(-c3cccc(-c4ccc(C(c5cc(C)c(O)cc5C)c5cc(C)c(OC(C)OC6CCCCC6)cc5C)cc4)c3)cc2)c2cc(C)c(O)cc2C)c(C)cc1O. The number of aryl methyl sites for hydroxylation is 8. The fourth-order valence-electron chi connectivity index (χ4n) is 10.00. The van der Waals surface area contributed by atoms with Gasteiger partial charge in [0.05, 0.1) is 6.10 Å². The molecule has 2 atom stereocenters. The topological polar surface area (TPSA) is 79.2 Å². The van der Waals surface area contributed by atoms with Gasteiger partial charge in [-0.2, -0.15) is 0 Å². The van der Waals surface area contributed by atoms with Crippen LogP contribution in [0.15, 0.2) is 121 Å². The molecule has 65 heavy (non-hydrogen) atoms. The van der Waals surface area contributed by atoms with Gasteiger partial charge in [0, 0.05) is 11.8 Å². The van der Waals surface area contributed by atoms with E-state index in [1.54, 1.807) is 0 Å². The van der Waals surface area contributed by atoms with Crippen molar-refractivity contribution in [2.24, 2.45) is 0 Å². The molecule has 0 bridgehead atoms. The highest BCUT2D eigenvalue weighted by Crippen LogP contribution is 2.43. The van der Waals surface area contributed by atoms with Crippen LogP contribution in [0.3, 0.4) is 0 Å². The van der Waals surface area contributed by atoms with Gasteiger partial charge in [-0.3, -0.25) is 0 Å². The van der Waals surface area contributed by atoms with Gasteiger partial charge in [-0.05, 0) is 206 Å². The molecule has 0 aromatic heterocycles. The molecule has 1 fully saturated rings. The molecular formula is C60H64O5. The van der Waals surface area contributed by atoms with Gasteiger partial charge < -0.3 is 24.8 Å². The number of phenolic OH excluding ortho intramolecular Hbond substituents is 3. The number of benzene rings is 7. The zero-order valence-corrected chi connectivity index (χ0v) is 39.6. The van der Waals surface area contributed by atoms with Crippen LogP contribution in [0.2, 0.25) is 0 Å². The van der Waals surface area contributed by atoms with E-state index >= 15 is 0 Å². The largest absolute Gasteiger partial charge is 0.508 e. The summed E-state index contributed by atoms with van der Waals surface area (Å²) in [4.78, 5) is 0. The van der Waals surface area contributed by atoms with Gasteiger partial charge in [0.2, 0.25) is 0 Å². The predicted molar refractivity (Wildman–Crippen MR) is 266 cm³/mol. The van der Waals surface area contributed by atoms with E-state index in [0.717, 1.165) is 108 Å². The second-order valence-electron chi connectivity index (χ2n) is 18.7. The zero-order valence-electron chi connectivity index (χ0n) is 39.6. The normalized spacial score (nSPS) is 14.1. The van der Waals surface area contributed by atoms with Crippen molar-refractivity contribution < 1.29 is 24.8 Å². The Balaban J connectivity index is 1.10. The number of hydrogen-bond donors (Lipinski definition) is 3. The van der Waals surface area contributed by atoms with Gasteiger partial charge in [0.1, 0.15) is 23.0 Å². The fraction of sp³-hybridized carbons (Fsp3) is 0.300. The molecule has 0 radical (unpaired) electrons. The second kappa shape index (κ2) is 19.0. The minimum absolute atomic E-state index is 0.0655. The van der Waals surface area contributed by atoms with Gasteiger partial charge in [-0.25, -0.2) is 0 Å². The van der Waals surface area contributed by atoms with Crippen molar-refractivity contribution in [1.82, 2.24) is 0 Å². The van der Waals surface area contributed by atoms with E-state index < -0.39 is 0 Å². The molecule has 3 N–H and O–H groups in total. The fourth-order valence-corrected chi connectivity index (χ4v) is 10.00. The number of hydrogen-bond acceptors (Lipinski definition) is 5. The number of aromatic hydroxyl groups is 3. The standard InChI is InChI=1S/C60H64O5/c1-35-30-55(61)39(5)26-51(35)59(52-27-40(6)56(62)31-36(52)2)46-22-18-44(19-23-46)48-14-13-15-49(34-48)45-20-24-47(25-21-45)60(53-28-41(7)57(63)32-37(53)3)54-29-42(8)58(33-38(54)4)65-43(9)64-50-16-11-10-12-17-50/h13-15,18-34,43,50,59-63H,10-12,16-17H2,1-9H3. The summed E-state index contributed by atoms with van der Waals surface area (Å²) in [6.45, 7) is 18.3. The van der Waals surface area contributed by atoms with Crippen LogP contribution in [0.5, 0.6) is 23.0 Å². The lowest BCUT2D eigenvalue weighted by atomic mass is 9.79. The Labute approximate surface area is 386 Å². The first-order chi connectivity index (χ1) is 31.1. The molecule has 1 saturated carbocycles. The summed E-state index contributed by atoms with van der Waals surface area (Å²) < 4.78 is 12.8. The van der Waals surface area contributed by atoms with Crippen LogP contribution in [0.1, 0.15) is 129 Å².